The number of amides is 1. The maximum atomic E-state index is 11.5. The fourth-order valence-electron chi connectivity index (χ4n) is 2.77. The predicted molar refractivity (Wildman–Crippen MR) is 146 cm³/mol. The van der Waals surface area contributed by atoms with Crippen molar-refractivity contribution >= 4 is 36.6 Å². The van der Waals surface area contributed by atoms with Crippen LogP contribution in [0.3, 0.4) is 0 Å². The molecule has 9 heteroatoms. The number of nitrogens with one attached hydrogen (secondary N) is 1. The number of unbranched alkanes of at least 4 members (excludes halogenated alkanes) is 1. The summed E-state index contributed by atoms with van der Waals surface area (Å²) in [6.45, 7) is 28.4. The Balaban J connectivity index is -0.000000545. The van der Waals surface area contributed by atoms with E-state index in [-0.39, 0.29) is 48.7 Å². The molecular formula is C24H53NO4Si3U. The topological polar surface area (TPSA) is 64.6 Å². The molecule has 0 unspecified atom stereocenters. The zero-order valence-corrected chi connectivity index (χ0v) is 30.7. The zero-order chi connectivity index (χ0) is 25.6. The molecule has 0 atom stereocenters. The van der Waals surface area contributed by atoms with E-state index in [0.29, 0.717) is 25.2 Å². The zero-order valence-electron chi connectivity index (χ0n) is 23.5. The summed E-state index contributed by atoms with van der Waals surface area (Å²) in [7, 11) is -4.65. The standard InChI is InChI=1S/C15H28NO2.C9H25O2Si3.U/c1-12(2)8-7-11-16-15(18)10-6-5-9-14(17)13(3)4;1-12(2,3)10-9-14(7,8)11-13(4,5)6;/h5,12-13H,6-11H2,1-4H3,(H,16,18);1,9H2,2-8H3;/q2*-1;+2. The molecule has 0 rings (SSSR count). The van der Waals surface area contributed by atoms with Crippen LogP contribution in [0.5, 0.6) is 0 Å². The van der Waals surface area contributed by atoms with Crippen molar-refractivity contribution in [1.29, 1.82) is 0 Å². The number of carbonyl (C=O) groups is 2. The average molecular weight is 742 g/mol. The van der Waals surface area contributed by atoms with Gasteiger partial charge in [-0.3, -0.25) is 4.79 Å². The van der Waals surface area contributed by atoms with E-state index in [0.717, 1.165) is 25.6 Å². The number of hydrogen-bond acceptors (Lipinski definition) is 4. The van der Waals surface area contributed by atoms with Gasteiger partial charge in [-0.25, -0.2) is 0 Å². The minimum Gasteiger partial charge on any atom is -0.454 e. The van der Waals surface area contributed by atoms with Crippen molar-refractivity contribution < 1.29 is 49.2 Å². The van der Waals surface area contributed by atoms with Gasteiger partial charge in [-0.1, -0.05) is 40.8 Å². The van der Waals surface area contributed by atoms with Crippen LogP contribution in [-0.2, 0) is 18.1 Å². The second-order valence-electron chi connectivity index (χ2n) is 11.6. The molecule has 0 aliphatic carbocycles. The smallest absolute Gasteiger partial charge is 0.454 e. The Morgan fingerprint density at radius 1 is 1.00 bits per heavy atom. The number of carbonyl (C=O) groups excluding carboxylic acids is 2. The molecule has 0 aliphatic rings. The van der Waals surface area contributed by atoms with Crippen molar-refractivity contribution in [2.75, 3.05) is 12.8 Å². The quantitative estimate of drug-likeness (QED) is 0.121. The van der Waals surface area contributed by atoms with Crippen LogP contribution >= 0.6 is 0 Å². The summed E-state index contributed by atoms with van der Waals surface area (Å²) in [5.74, 6) is 1.11. The summed E-state index contributed by atoms with van der Waals surface area (Å²) in [5, 5.41) is 2.91. The van der Waals surface area contributed by atoms with Gasteiger partial charge in [0.1, 0.15) is 5.78 Å². The van der Waals surface area contributed by atoms with Crippen LogP contribution in [0, 0.1) is 55.9 Å². The minimum absolute atomic E-state index is 0. The van der Waals surface area contributed by atoms with Crippen molar-refractivity contribution in [2.45, 2.75) is 106 Å². The van der Waals surface area contributed by atoms with E-state index in [4.69, 9.17) is 8.54 Å². The fourth-order valence-corrected chi connectivity index (χ4v) is 12.6. The molecule has 0 aromatic carbocycles. The Hall–Kier alpha value is 0.763. The van der Waals surface area contributed by atoms with Crippen LogP contribution in [-0.4, -0.2) is 49.4 Å². The summed E-state index contributed by atoms with van der Waals surface area (Å²) >= 11 is 0. The van der Waals surface area contributed by atoms with Gasteiger partial charge in [-0.2, -0.15) is 6.42 Å². The van der Waals surface area contributed by atoms with Crippen LogP contribution in [0.25, 0.3) is 0 Å². The summed E-state index contributed by atoms with van der Waals surface area (Å²) in [5.41, 5.74) is 0. The first-order chi connectivity index (χ1) is 14.3. The van der Waals surface area contributed by atoms with E-state index >= 15 is 0 Å². The Labute approximate surface area is 233 Å². The third kappa shape index (κ3) is 30.7. The van der Waals surface area contributed by atoms with Crippen molar-refractivity contribution in [3.8, 4) is 0 Å². The first kappa shape index (κ1) is 38.3. The van der Waals surface area contributed by atoms with E-state index in [1.54, 1.807) is 0 Å². The van der Waals surface area contributed by atoms with Crippen molar-refractivity contribution in [1.82, 2.24) is 5.32 Å². The summed E-state index contributed by atoms with van der Waals surface area (Å²) in [6, 6.07) is 0. The fraction of sp³-hybridized carbons (Fsp3) is 0.833. The molecule has 0 aliphatic heterocycles. The van der Waals surface area contributed by atoms with Crippen molar-refractivity contribution in [3.05, 3.63) is 13.0 Å². The van der Waals surface area contributed by atoms with Gasteiger partial charge in [0.25, 0.3) is 0 Å². The second-order valence-corrected chi connectivity index (χ2v) is 24.2. The van der Waals surface area contributed by atoms with Crippen LogP contribution in [0.4, 0.5) is 0 Å². The molecule has 0 saturated carbocycles. The third-order valence-corrected chi connectivity index (χ3v) is 11.0. The van der Waals surface area contributed by atoms with Crippen LogP contribution in [0.15, 0.2) is 0 Å². The van der Waals surface area contributed by atoms with Gasteiger partial charge in [0, 0.05) is 27.0 Å². The van der Waals surface area contributed by atoms with Gasteiger partial charge >= 0.3 is 31.1 Å². The van der Waals surface area contributed by atoms with Crippen LogP contribution in [0.2, 0.25) is 45.8 Å². The maximum absolute atomic E-state index is 11.5. The number of rotatable bonds is 15. The van der Waals surface area contributed by atoms with Gasteiger partial charge in [-0.05, 0) is 57.9 Å². The SMILES string of the molecule is CC(C)CCCNC(=O)CC[CH-]CC(=O)C(C)C.[CH2-][Si](C)(C)OC[Si](C)(C)O[Si](C)(C)C.[U+2]. The van der Waals surface area contributed by atoms with Gasteiger partial charge < -0.3 is 31.6 Å². The monoisotopic (exact) mass is 741 g/mol. The normalized spacial score (nSPS) is 12.2. The van der Waals surface area contributed by atoms with Crippen molar-refractivity contribution in [2.24, 2.45) is 11.8 Å². The van der Waals surface area contributed by atoms with E-state index in [1.165, 1.54) is 0 Å². The average Bonchev–Trinajstić information content (AvgIpc) is 2.58. The molecule has 33 heavy (non-hydrogen) atoms. The van der Waals surface area contributed by atoms with E-state index in [9.17, 15) is 9.59 Å². The molecule has 0 aromatic rings. The number of ketones is 1. The first-order valence-electron chi connectivity index (χ1n) is 12.1. The first-order valence-corrected chi connectivity index (χ1v) is 21.8. The van der Waals surface area contributed by atoms with E-state index in [1.807, 2.05) is 20.3 Å². The van der Waals surface area contributed by atoms with Crippen molar-refractivity contribution in [3.63, 3.8) is 0 Å². The second kappa shape index (κ2) is 19.0. The Morgan fingerprint density at radius 2 is 1.55 bits per heavy atom. The van der Waals surface area contributed by atoms with Gasteiger partial charge in [0.15, 0.2) is 16.6 Å². The largest absolute Gasteiger partial charge is 2.00 e. The van der Waals surface area contributed by atoms with Gasteiger partial charge in [0.05, 0.1) is 0 Å². The molecule has 5 nitrogen and oxygen atoms in total. The molecular weight excluding hydrogens is 689 g/mol. The van der Waals surface area contributed by atoms with Crippen LogP contribution in [0.1, 0.15) is 59.8 Å². The Kier molecular flexibility index (Phi) is 22.0. The molecule has 194 valence electrons. The maximum Gasteiger partial charge on any atom is 2.00 e. The molecule has 1 amide bonds. The summed E-state index contributed by atoms with van der Waals surface area (Å²) in [4.78, 5) is 22.8. The molecule has 0 heterocycles. The Morgan fingerprint density at radius 3 is 1.97 bits per heavy atom. The minimum atomic E-state index is -1.62. The third-order valence-electron chi connectivity index (χ3n) is 4.24. The van der Waals surface area contributed by atoms with E-state index in [2.05, 4.69) is 71.5 Å². The van der Waals surface area contributed by atoms with Crippen LogP contribution < -0.4 is 5.32 Å². The molecule has 0 bridgehead atoms. The molecule has 0 fully saturated rings. The van der Waals surface area contributed by atoms with Gasteiger partial charge in [0.2, 0.25) is 5.91 Å². The number of Topliss-reactive ketones (excluding diaryl/α,β-unsaturated/α-hetero) is 1. The predicted octanol–water partition coefficient (Wildman–Crippen LogP) is 6.32. The summed E-state index contributed by atoms with van der Waals surface area (Å²) < 4.78 is 12.0. The molecule has 1 N–H and O–H groups in total. The molecule has 0 radical (unpaired) electrons. The van der Waals surface area contributed by atoms with E-state index < -0.39 is 25.0 Å². The number of hydrogen-bond donors (Lipinski definition) is 1. The molecule has 0 spiro atoms. The Bertz CT molecular complexity index is 531. The van der Waals surface area contributed by atoms with Gasteiger partial charge in [-0.15, -0.1) is 6.42 Å². The summed E-state index contributed by atoms with van der Waals surface area (Å²) in [6.07, 6.45) is 6.56. The molecule has 0 aromatic heterocycles. The molecule has 0 saturated heterocycles.